The Balaban J connectivity index is 1.43. The number of hydrogen-bond acceptors (Lipinski definition) is 4. The first-order valence-electron chi connectivity index (χ1n) is 9.17. The lowest BCUT2D eigenvalue weighted by Crippen LogP contribution is -2.47. The molecular formula is C20H21FN2O4S. The third kappa shape index (κ3) is 3.67. The van der Waals surface area contributed by atoms with Crippen molar-refractivity contribution in [2.24, 2.45) is 0 Å². The van der Waals surface area contributed by atoms with Crippen LogP contribution >= 0.6 is 0 Å². The predicted molar refractivity (Wildman–Crippen MR) is 99.8 cm³/mol. The van der Waals surface area contributed by atoms with Crippen molar-refractivity contribution in [2.75, 3.05) is 13.1 Å². The van der Waals surface area contributed by atoms with E-state index in [-0.39, 0.29) is 30.3 Å². The van der Waals surface area contributed by atoms with Crippen molar-refractivity contribution in [1.82, 2.24) is 9.37 Å². The molecule has 2 aliphatic rings. The second-order valence-corrected chi connectivity index (χ2v) is 9.17. The van der Waals surface area contributed by atoms with Gasteiger partial charge in [-0.2, -0.15) is 4.31 Å². The molecule has 2 heterocycles. The number of piperidine rings is 1. The third-order valence-corrected chi connectivity index (χ3v) is 7.19. The molecule has 0 unspecified atom stereocenters. The van der Waals surface area contributed by atoms with E-state index < -0.39 is 21.4 Å². The molecule has 28 heavy (non-hydrogen) atoms. The van der Waals surface area contributed by atoms with Gasteiger partial charge in [0.25, 0.3) is 0 Å². The van der Waals surface area contributed by atoms with E-state index in [0.717, 1.165) is 11.6 Å². The molecule has 2 aromatic carbocycles. The first kappa shape index (κ1) is 19.0. The molecule has 8 heteroatoms. The fourth-order valence-corrected chi connectivity index (χ4v) is 5.20. The van der Waals surface area contributed by atoms with Crippen molar-refractivity contribution in [2.45, 2.75) is 36.3 Å². The fourth-order valence-electron chi connectivity index (χ4n) is 3.73. The lowest BCUT2D eigenvalue weighted by atomic mass is 9.89. The van der Waals surface area contributed by atoms with Crippen LogP contribution in [0.2, 0.25) is 0 Å². The fraction of sp³-hybridized carbons (Fsp3) is 0.350. The maximum absolute atomic E-state index is 13.4. The van der Waals surface area contributed by atoms with Crippen LogP contribution in [0.4, 0.5) is 4.39 Å². The molecule has 4 rings (SSSR count). The number of amides is 1. The first-order valence-corrected chi connectivity index (χ1v) is 10.6. The molecule has 0 radical (unpaired) electrons. The lowest BCUT2D eigenvalue weighted by molar-refractivity contribution is -0.212. The second-order valence-electron chi connectivity index (χ2n) is 7.23. The monoisotopic (exact) mass is 404 g/mol. The lowest BCUT2D eigenvalue weighted by Gasteiger charge is -2.37. The van der Waals surface area contributed by atoms with Gasteiger partial charge in [-0.15, -0.1) is 0 Å². The van der Waals surface area contributed by atoms with Crippen molar-refractivity contribution >= 4 is 15.9 Å². The van der Waals surface area contributed by atoms with E-state index in [1.54, 1.807) is 0 Å². The number of benzene rings is 2. The van der Waals surface area contributed by atoms with Gasteiger partial charge in [-0.05, 0) is 36.6 Å². The zero-order valence-corrected chi connectivity index (χ0v) is 16.1. The molecule has 2 fully saturated rings. The number of rotatable bonds is 4. The average molecular weight is 404 g/mol. The quantitative estimate of drug-likeness (QED) is 0.786. The molecule has 0 aliphatic carbocycles. The van der Waals surface area contributed by atoms with E-state index in [0.29, 0.717) is 19.4 Å². The van der Waals surface area contributed by atoms with Crippen LogP contribution in [0.1, 0.15) is 24.8 Å². The van der Waals surface area contributed by atoms with Gasteiger partial charge in [-0.25, -0.2) is 17.9 Å². The summed E-state index contributed by atoms with van der Waals surface area (Å²) in [5.41, 5.74) is 0.304. The molecule has 1 amide bonds. The van der Waals surface area contributed by atoms with E-state index in [1.807, 2.05) is 30.3 Å². The van der Waals surface area contributed by atoms with Gasteiger partial charge in [0.1, 0.15) is 11.4 Å². The largest absolute Gasteiger partial charge is 0.272 e. The van der Waals surface area contributed by atoms with Gasteiger partial charge in [-0.3, -0.25) is 9.63 Å². The molecule has 6 nitrogen and oxygen atoms in total. The van der Waals surface area contributed by atoms with E-state index in [2.05, 4.69) is 0 Å². The van der Waals surface area contributed by atoms with Gasteiger partial charge >= 0.3 is 0 Å². The SMILES string of the molecule is O=C1CC2(CCN(S(=O)(=O)c3cccc(F)c3)CC2)ON1Cc1ccccc1. The number of sulfonamides is 1. The third-order valence-electron chi connectivity index (χ3n) is 5.29. The summed E-state index contributed by atoms with van der Waals surface area (Å²) < 4.78 is 40.3. The summed E-state index contributed by atoms with van der Waals surface area (Å²) in [5.74, 6) is -0.680. The summed E-state index contributed by atoms with van der Waals surface area (Å²) >= 11 is 0. The minimum atomic E-state index is -3.77. The highest BCUT2D eigenvalue weighted by Gasteiger charge is 2.48. The van der Waals surface area contributed by atoms with Crippen molar-refractivity contribution in [3.8, 4) is 0 Å². The minimum Gasteiger partial charge on any atom is -0.272 e. The van der Waals surface area contributed by atoms with Crippen LogP contribution in [0.5, 0.6) is 0 Å². The van der Waals surface area contributed by atoms with Gasteiger partial charge in [-0.1, -0.05) is 36.4 Å². The number of nitrogens with zero attached hydrogens (tertiary/aromatic N) is 2. The number of hydroxylamine groups is 2. The van der Waals surface area contributed by atoms with E-state index >= 15 is 0 Å². The zero-order chi connectivity index (χ0) is 19.8. The predicted octanol–water partition coefficient (Wildman–Crippen LogP) is 2.71. The van der Waals surface area contributed by atoms with Crippen LogP contribution < -0.4 is 0 Å². The molecule has 148 valence electrons. The van der Waals surface area contributed by atoms with Gasteiger partial charge in [0.2, 0.25) is 15.9 Å². The highest BCUT2D eigenvalue weighted by Crippen LogP contribution is 2.38. The number of hydrogen-bond donors (Lipinski definition) is 0. The average Bonchev–Trinajstić information content (AvgIpc) is 2.97. The van der Waals surface area contributed by atoms with Crippen molar-refractivity contribution < 1.29 is 22.4 Å². The summed E-state index contributed by atoms with van der Waals surface area (Å²) in [6.07, 6.45) is 1.07. The van der Waals surface area contributed by atoms with Crippen LogP contribution in [0, 0.1) is 5.82 Å². The maximum atomic E-state index is 13.4. The molecule has 1 spiro atoms. The zero-order valence-electron chi connectivity index (χ0n) is 15.3. The van der Waals surface area contributed by atoms with Crippen LogP contribution in [0.3, 0.4) is 0 Å². The maximum Gasteiger partial charge on any atom is 0.249 e. The Bertz CT molecular complexity index is 973. The molecule has 0 aromatic heterocycles. The number of halogens is 1. The molecule has 0 bridgehead atoms. The number of carbonyl (C=O) groups excluding carboxylic acids is 1. The molecule has 2 aliphatic heterocycles. The Morgan fingerprint density at radius 3 is 2.43 bits per heavy atom. The van der Waals surface area contributed by atoms with Crippen LogP contribution in [-0.2, 0) is 26.2 Å². The Morgan fingerprint density at radius 2 is 1.75 bits per heavy atom. The van der Waals surface area contributed by atoms with E-state index in [4.69, 9.17) is 4.84 Å². The van der Waals surface area contributed by atoms with Crippen molar-refractivity contribution in [3.63, 3.8) is 0 Å². The van der Waals surface area contributed by atoms with E-state index in [9.17, 15) is 17.6 Å². The molecular weight excluding hydrogens is 383 g/mol. The van der Waals surface area contributed by atoms with Crippen LogP contribution in [0.25, 0.3) is 0 Å². The van der Waals surface area contributed by atoms with E-state index in [1.165, 1.54) is 27.6 Å². The highest BCUT2D eigenvalue weighted by atomic mass is 32.2. The molecule has 2 saturated heterocycles. The topological polar surface area (TPSA) is 66.9 Å². The molecule has 0 saturated carbocycles. The minimum absolute atomic E-state index is 0.0578. The summed E-state index contributed by atoms with van der Waals surface area (Å²) in [6.45, 7) is 0.823. The van der Waals surface area contributed by atoms with Gasteiger partial charge in [0.15, 0.2) is 0 Å². The van der Waals surface area contributed by atoms with Gasteiger partial charge in [0, 0.05) is 13.1 Å². The van der Waals surface area contributed by atoms with Gasteiger partial charge < -0.3 is 0 Å². The smallest absolute Gasteiger partial charge is 0.249 e. The Hall–Kier alpha value is -2.29. The first-order chi connectivity index (χ1) is 13.4. The molecule has 0 N–H and O–H groups in total. The molecule has 0 atom stereocenters. The Morgan fingerprint density at radius 1 is 1.04 bits per heavy atom. The van der Waals surface area contributed by atoms with Crippen LogP contribution in [-0.4, -0.2) is 42.4 Å². The summed E-state index contributed by atoms with van der Waals surface area (Å²) in [4.78, 5) is 18.4. The van der Waals surface area contributed by atoms with Gasteiger partial charge in [0.05, 0.1) is 17.9 Å². The molecule has 2 aromatic rings. The second kappa shape index (κ2) is 7.27. The normalized spacial score (nSPS) is 20.0. The highest BCUT2D eigenvalue weighted by molar-refractivity contribution is 7.89. The number of carbonyl (C=O) groups is 1. The summed E-state index contributed by atoms with van der Waals surface area (Å²) in [7, 11) is -3.77. The standard InChI is InChI=1S/C20H21FN2O4S/c21-17-7-4-8-18(13-17)28(25,26)22-11-9-20(10-12-22)14-19(24)23(27-20)15-16-5-2-1-3-6-16/h1-8,13H,9-12,14-15H2. The Kier molecular flexibility index (Phi) is 4.95. The van der Waals surface area contributed by atoms with Crippen LogP contribution in [0.15, 0.2) is 59.5 Å². The van der Waals surface area contributed by atoms with Crippen molar-refractivity contribution in [3.05, 3.63) is 66.0 Å². The summed E-state index contributed by atoms with van der Waals surface area (Å²) in [5, 5.41) is 1.38. The van der Waals surface area contributed by atoms with Crippen molar-refractivity contribution in [1.29, 1.82) is 0 Å². The summed E-state index contributed by atoms with van der Waals surface area (Å²) in [6, 6.07) is 14.6. The Labute approximate surface area is 163 Å².